The Bertz CT molecular complexity index is 944. The molecule has 5 fully saturated rings. The quantitative estimate of drug-likeness (QED) is 0.223. The number of aliphatic carboxylic acids is 1. The van der Waals surface area contributed by atoms with Crippen LogP contribution in [0.2, 0.25) is 0 Å². The SMILES string of the molecule is C[C@]12CC[C@@H](O[C@@H]3O[C@H](C(=O)O)[C@@H](O)[C@H](O)[C@H]3O)CC1CC[C@@H]1[C@@H]2[C@H](O)C[C@@]2(C)[C@H]1CC[C@]2(O)C(=O)CO. The summed E-state index contributed by atoms with van der Waals surface area (Å²) >= 11 is 0. The molecule has 0 radical (unpaired) electrons. The summed E-state index contributed by atoms with van der Waals surface area (Å²) < 4.78 is 11.3. The van der Waals surface area contributed by atoms with Crippen LogP contribution in [0.1, 0.15) is 65.2 Å². The van der Waals surface area contributed by atoms with Gasteiger partial charge in [-0.25, -0.2) is 4.79 Å². The molecular formula is C27H42O11. The molecule has 0 aromatic rings. The van der Waals surface area contributed by atoms with Gasteiger partial charge in [0.25, 0.3) is 0 Å². The molecule has 1 aliphatic heterocycles. The van der Waals surface area contributed by atoms with Crippen LogP contribution in [0.3, 0.4) is 0 Å². The van der Waals surface area contributed by atoms with Gasteiger partial charge in [0.1, 0.15) is 30.5 Å². The number of carbonyl (C=O) groups excluding carboxylic acids is 1. The second-order valence-corrected chi connectivity index (χ2v) is 13.0. The Morgan fingerprint density at radius 1 is 0.974 bits per heavy atom. The largest absolute Gasteiger partial charge is 0.479 e. The molecule has 1 heterocycles. The number of carboxylic acid groups (broad SMARTS) is 1. The lowest BCUT2D eigenvalue weighted by Crippen LogP contribution is -2.63. The van der Waals surface area contributed by atoms with Crippen molar-refractivity contribution in [2.75, 3.05) is 6.61 Å². The third-order valence-corrected chi connectivity index (χ3v) is 11.4. The Balaban J connectivity index is 1.31. The Morgan fingerprint density at radius 3 is 2.34 bits per heavy atom. The molecule has 7 N–H and O–H groups in total. The van der Waals surface area contributed by atoms with Crippen LogP contribution in [-0.2, 0) is 19.1 Å². The molecule has 0 bridgehead atoms. The van der Waals surface area contributed by atoms with Crippen molar-refractivity contribution in [3.05, 3.63) is 0 Å². The molecule has 14 atom stereocenters. The van der Waals surface area contributed by atoms with Gasteiger partial charge in [-0.2, -0.15) is 0 Å². The standard InChI is InChI=1S/C27H42O11/c1-25-7-5-13(37-24-21(33)19(31)20(32)22(38-24)23(34)35)9-12(25)3-4-14-15-6-8-27(36,17(30)11-28)26(15,2)10-16(29)18(14)25/h12-16,18-22,24,28-29,31-33,36H,3-11H2,1-2H3,(H,34,35)/t12?,13-,14+,15+,16-,18-,19+,20+,21-,22+,24-,25+,26+,27+/m1/s1. The molecule has 0 spiro atoms. The van der Waals surface area contributed by atoms with Crippen LogP contribution in [0.4, 0.5) is 0 Å². The summed E-state index contributed by atoms with van der Waals surface area (Å²) in [6.07, 6.45) is -4.37. The highest BCUT2D eigenvalue weighted by Crippen LogP contribution is 2.68. The first-order valence-electron chi connectivity index (χ1n) is 13.9. The highest BCUT2D eigenvalue weighted by molar-refractivity contribution is 5.89. The molecule has 4 saturated carbocycles. The summed E-state index contributed by atoms with van der Waals surface area (Å²) in [7, 11) is 0. The number of Topliss-reactive ketones (excluding diaryl/α,β-unsaturated/α-hetero) is 1. The second-order valence-electron chi connectivity index (χ2n) is 13.0. The van der Waals surface area contributed by atoms with Crippen molar-refractivity contribution in [3.63, 3.8) is 0 Å². The summed E-state index contributed by atoms with van der Waals surface area (Å²) in [5.74, 6) is -1.65. The number of hydrogen-bond donors (Lipinski definition) is 7. The van der Waals surface area contributed by atoms with Gasteiger partial charge in [-0.05, 0) is 80.5 Å². The van der Waals surface area contributed by atoms with E-state index in [1.807, 2.05) is 6.92 Å². The van der Waals surface area contributed by atoms with E-state index in [1.54, 1.807) is 0 Å². The minimum absolute atomic E-state index is 0.0169. The second kappa shape index (κ2) is 9.73. The van der Waals surface area contributed by atoms with Crippen molar-refractivity contribution >= 4 is 11.8 Å². The summed E-state index contributed by atoms with van der Waals surface area (Å²) in [5.41, 5.74) is -2.64. The zero-order chi connectivity index (χ0) is 27.8. The fourth-order valence-electron chi connectivity index (χ4n) is 9.42. The minimum atomic E-state index is -1.77. The lowest BCUT2D eigenvalue weighted by Gasteiger charge is -2.63. The van der Waals surface area contributed by atoms with E-state index in [9.17, 15) is 45.3 Å². The van der Waals surface area contributed by atoms with Crippen molar-refractivity contribution in [1.82, 2.24) is 0 Å². The molecule has 11 heteroatoms. The van der Waals surface area contributed by atoms with E-state index in [1.165, 1.54) is 0 Å². The van der Waals surface area contributed by atoms with Crippen LogP contribution < -0.4 is 0 Å². The van der Waals surface area contributed by atoms with Crippen LogP contribution in [0.5, 0.6) is 0 Å². The molecule has 1 unspecified atom stereocenters. The number of aliphatic hydroxyl groups excluding tert-OH is 5. The van der Waals surface area contributed by atoms with E-state index >= 15 is 0 Å². The molecule has 4 aliphatic carbocycles. The van der Waals surface area contributed by atoms with Crippen molar-refractivity contribution in [3.8, 4) is 0 Å². The Hall–Kier alpha value is -1.18. The Morgan fingerprint density at radius 2 is 1.68 bits per heavy atom. The number of carbonyl (C=O) groups is 2. The molecule has 1 saturated heterocycles. The monoisotopic (exact) mass is 542 g/mol. The first-order chi connectivity index (χ1) is 17.8. The van der Waals surface area contributed by atoms with E-state index in [2.05, 4.69) is 6.92 Å². The van der Waals surface area contributed by atoms with Gasteiger partial charge in [-0.15, -0.1) is 0 Å². The Kier molecular flexibility index (Phi) is 7.26. The number of hydrogen-bond acceptors (Lipinski definition) is 10. The number of fused-ring (bicyclic) bond motifs is 5. The number of ketones is 1. The van der Waals surface area contributed by atoms with Gasteiger partial charge in [0, 0.05) is 5.41 Å². The van der Waals surface area contributed by atoms with E-state index < -0.39 is 66.2 Å². The fraction of sp³-hybridized carbons (Fsp3) is 0.926. The van der Waals surface area contributed by atoms with Crippen molar-refractivity contribution in [2.24, 2.45) is 34.5 Å². The number of carboxylic acids is 1. The minimum Gasteiger partial charge on any atom is -0.479 e. The van der Waals surface area contributed by atoms with E-state index in [0.717, 1.165) is 19.3 Å². The van der Waals surface area contributed by atoms with Crippen molar-refractivity contribution in [2.45, 2.75) is 114 Å². The fourth-order valence-corrected chi connectivity index (χ4v) is 9.42. The molecule has 38 heavy (non-hydrogen) atoms. The van der Waals surface area contributed by atoms with E-state index in [4.69, 9.17) is 9.47 Å². The lowest BCUT2D eigenvalue weighted by atomic mass is 9.43. The molecule has 0 amide bonds. The van der Waals surface area contributed by atoms with Crippen LogP contribution in [0, 0.1) is 34.5 Å². The zero-order valence-electron chi connectivity index (χ0n) is 22.0. The highest BCUT2D eigenvalue weighted by atomic mass is 16.7. The van der Waals surface area contributed by atoms with Gasteiger partial charge in [0.2, 0.25) is 0 Å². The normalized spacial score (nSPS) is 54.5. The zero-order valence-corrected chi connectivity index (χ0v) is 22.0. The number of ether oxygens (including phenoxy) is 2. The summed E-state index contributed by atoms with van der Waals surface area (Å²) in [6, 6.07) is 0. The third kappa shape index (κ3) is 4.00. The first kappa shape index (κ1) is 28.4. The molecule has 0 aromatic heterocycles. The van der Waals surface area contributed by atoms with Crippen LogP contribution in [-0.4, -0.2) is 103 Å². The lowest BCUT2D eigenvalue weighted by molar-refractivity contribution is -0.310. The highest BCUT2D eigenvalue weighted by Gasteiger charge is 2.68. The number of rotatable bonds is 5. The van der Waals surface area contributed by atoms with Gasteiger partial charge in [0.05, 0.1) is 12.2 Å². The molecule has 11 nitrogen and oxygen atoms in total. The average Bonchev–Trinajstić information content (AvgIpc) is 3.14. The average molecular weight is 543 g/mol. The molecule has 216 valence electrons. The van der Waals surface area contributed by atoms with Crippen LogP contribution in [0.25, 0.3) is 0 Å². The molecule has 5 aliphatic rings. The maximum Gasteiger partial charge on any atom is 0.335 e. The Labute approximate surface area is 221 Å². The molecular weight excluding hydrogens is 500 g/mol. The van der Waals surface area contributed by atoms with Crippen LogP contribution in [0.15, 0.2) is 0 Å². The topological polar surface area (TPSA) is 194 Å². The predicted molar refractivity (Wildman–Crippen MR) is 129 cm³/mol. The molecule has 5 rings (SSSR count). The van der Waals surface area contributed by atoms with Gasteiger partial charge in [0.15, 0.2) is 18.2 Å². The summed E-state index contributed by atoms with van der Waals surface area (Å²) in [6.45, 7) is 3.37. The van der Waals surface area contributed by atoms with Gasteiger partial charge in [-0.1, -0.05) is 13.8 Å². The van der Waals surface area contributed by atoms with Crippen molar-refractivity contribution < 1.29 is 54.8 Å². The van der Waals surface area contributed by atoms with E-state index in [0.29, 0.717) is 32.1 Å². The van der Waals surface area contributed by atoms with Gasteiger partial charge in [-0.3, -0.25) is 4.79 Å². The third-order valence-electron chi connectivity index (χ3n) is 11.4. The van der Waals surface area contributed by atoms with E-state index in [-0.39, 0.29) is 35.2 Å². The summed E-state index contributed by atoms with van der Waals surface area (Å²) in [4.78, 5) is 24.0. The smallest absolute Gasteiger partial charge is 0.335 e. The van der Waals surface area contributed by atoms with Crippen molar-refractivity contribution in [1.29, 1.82) is 0 Å². The first-order valence-corrected chi connectivity index (χ1v) is 13.9. The maximum atomic E-state index is 12.6. The predicted octanol–water partition coefficient (Wildman–Crippen LogP) is -0.430. The van der Waals surface area contributed by atoms with Gasteiger partial charge >= 0.3 is 5.97 Å². The molecule has 0 aromatic carbocycles. The van der Waals surface area contributed by atoms with Crippen LogP contribution >= 0.6 is 0 Å². The number of aliphatic hydroxyl groups is 6. The maximum absolute atomic E-state index is 12.6. The van der Waals surface area contributed by atoms with Gasteiger partial charge < -0.3 is 45.2 Å². The summed E-state index contributed by atoms with van der Waals surface area (Å²) in [5, 5.41) is 72.2.